The van der Waals surface area contributed by atoms with Gasteiger partial charge in [0.05, 0.1) is 11.7 Å². The van der Waals surface area contributed by atoms with E-state index in [1.54, 1.807) is 0 Å². The number of hydrogen-bond acceptors (Lipinski definition) is 3. The number of amides is 1. The molecule has 0 saturated carbocycles. The first-order valence-electron chi connectivity index (χ1n) is 5.92. The van der Waals surface area contributed by atoms with E-state index >= 15 is 0 Å². The maximum absolute atomic E-state index is 11.3. The van der Waals surface area contributed by atoms with E-state index in [-0.39, 0.29) is 11.9 Å². The molecule has 1 N–H and O–H groups in total. The molecule has 1 aliphatic heterocycles. The molecule has 1 aromatic rings. The number of rotatable bonds is 2. The molecule has 1 unspecified atom stereocenters. The monoisotopic (exact) mass is 231 g/mol. The van der Waals surface area contributed by atoms with Crippen LogP contribution >= 0.6 is 0 Å². The van der Waals surface area contributed by atoms with Crippen LogP contribution in [0.4, 0.5) is 5.69 Å². The van der Waals surface area contributed by atoms with Crippen molar-refractivity contribution in [3.63, 3.8) is 0 Å². The van der Waals surface area contributed by atoms with Crippen LogP contribution in [0.25, 0.3) is 0 Å². The topological polar surface area (TPSA) is 44.7 Å². The number of hydrazone groups is 1. The van der Waals surface area contributed by atoms with E-state index in [1.165, 1.54) is 0 Å². The Bertz CT molecular complexity index is 428. The predicted molar refractivity (Wildman–Crippen MR) is 68.9 cm³/mol. The number of carbonyl (C=O) groups is 1. The molecule has 2 rings (SSSR count). The Morgan fingerprint density at radius 1 is 1.47 bits per heavy atom. The average molecular weight is 231 g/mol. The molecule has 4 nitrogen and oxygen atoms in total. The third kappa shape index (κ3) is 2.64. The van der Waals surface area contributed by atoms with Crippen molar-refractivity contribution in [3.8, 4) is 0 Å². The second-order valence-corrected chi connectivity index (χ2v) is 4.18. The van der Waals surface area contributed by atoms with E-state index in [0.717, 1.165) is 17.9 Å². The lowest BCUT2D eigenvalue weighted by atomic mass is 10.2. The molecule has 1 aromatic carbocycles. The quantitative estimate of drug-likeness (QED) is 0.847. The summed E-state index contributed by atoms with van der Waals surface area (Å²) >= 11 is 0. The van der Waals surface area contributed by atoms with Gasteiger partial charge in [0.1, 0.15) is 5.84 Å². The lowest BCUT2D eigenvalue weighted by molar-refractivity contribution is -0.119. The summed E-state index contributed by atoms with van der Waals surface area (Å²) in [5, 5.41) is 9.22. The lowest BCUT2D eigenvalue weighted by Crippen LogP contribution is -2.29. The molecule has 1 heterocycles. The number of anilines is 1. The predicted octanol–water partition coefficient (Wildman–Crippen LogP) is 2.12. The second kappa shape index (κ2) is 4.99. The highest BCUT2D eigenvalue weighted by atomic mass is 16.1. The Kier molecular flexibility index (Phi) is 3.42. The summed E-state index contributed by atoms with van der Waals surface area (Å²) in [7, 11) is 0. The standard InChI is InChI=1S/C13H17N3O/c1-3-13(17)14-12-9-10(2)16(15-12)11-7-5-4-6-8-11/h4-8,10H,3,9H2,1-2H3,(H,14,15,17). The Balaban J connectivity index is 2.12. The van der Waals surface area contributed by atoms with Gasteiger partial charge in [-0.25, -0.2) is 0 Å². The summed E-state index contributed by atoms with van der Waals surface area (Å²) in [5.41, 5.74) is 1.06. The van der Waals surface area contributed by atoms with Crippen molar-refractivity contribution in [2.75, 3.05) is 5.01 Å². The molecule has 90 valence electrons. The highest BCUT2D eigenvalue weighted by Gasteiger charge is 2.24. The number of amidine groups is 1. The fourth-order valence-corrected chi connectivity index (χ4v) is 1.85. The van der Waals surface area contributed by atoms with Gasteiger partial charge in [-0.15, -0.1) is 0 Å². The minimum absolute atomic E-state index is 0.0193. The zero-order valence-corrected chi connectivity index (χ0v) is 10.2. The summed E-state index contributed by atoms with van der Waals surface area (Å²) in [6, 6.07) is 10.3. The smallest absolute Gasteiger partial charge is 0.225 e. The van der Waals surface area contributed by atoms with Gasteiger partial charge in [0, 0.05) is 12.8 Å². The van der Waals surface area contributed by atoms with Crippen LogP contribution in [0.2, 0.25) is 0 Å². The number of carbonyl (C=O) groups excluding carboxylic acids is 1. The zero-order chi connectivity index (χ0) is 12.3. The van der Waals surface area contributed by atoms with E-state index in [1.807, 2.05) is 42.3 Å². The first-order valence-corrected chi connectivity index (χ1v) is 5.92. The molecule has 0 saturated heterocycles. The van der Waals surface area contributed by atoms with Gasteiger partial charge in [0.25, 0.3) is 0 Å². The van der Waals surface area contributed by atoms with Crippen LogP contribution in [0, 0.1) is 0 Å². The van der Waals surface area contributed by atoms with Crippen LogP contribution in [0.15, 0.2) is 35.4 Å². The van der Waals surface area contributed by atoms with Crippen molar-refractivity contribution in [3.05, 3.63) is 30.3 Å². The van der Waals surface area contributed by atoms with Gasteiger partial charge < -0.3 is 5.32 Å². The van der Waals surface area contributed by atoms with Crippen molar-refractivity contribution < 1.29 is 4.79 Å². The Morgan fingerprint density at radius 2 is 2.18 bits per heavy atom. The summed E-state index contributed by atoms with van der Waals surface area (Å²) in [4.78, 5) is 11.3. The van der Waals surface area contributed by atoms with Crippen LogP contribution in [-0.2, 0) is 4.79 Å². The molecule has 17 heavy (non-hydrogen) atoms. The van der Waals surface area contributed by atoms with Gasteiger partial charge in [-0.05, 0) is 19.1 Å². The van der Waals surface area contributed by atoms with Gasteiger partial charge in [-0.2, -0.15) is 5.10 Å². The van der Waals surface area contributed by atoms with E-state index < -0.39 is 0 Å². The number of benzene rings is 1. The van der Waals surface area contributed by atoms with Crippen LogP contribution in [-0.4, -0.2) is 17.8 Å². The van der Waals surface area contributed by atoms with Crippen LogP contribution in [0.5, 0.6) is 0 Å². The number of para-hydroxylation sites is 1. The van der Waals surface area contributed by atoms with Crippen LogP contribution in [0.3, 0.4) is 0 Å². The summed E-state index contributed by atoms with van der Waals surface area (Å²) in [5.74, 6) is 0.777. The van der Waals surface area contributed by atoms with Crippen molar-refractivity contribution in [1.82, 2.24) is 5.32 Å². The van der Waals surface area contributed by atoms with Gasteiger partial charge in [-0.1, -0.05) is 25.1 Å². The third-order valence-electron chi connectivity index (χ3n) is 2.76. The van der Waals surface area contributed by atoms with Gasteiger partial charge >= 0.3 is 0 Å². The Hall–Kier alpha value is -1.84. The molecule has 0 bridgehead atoms. The number of nitrogens with one attached hydrogen (secondary N) is 1. The van der Waals surface area contributed by atoms with E-state index in [0.29, 0.717) is 6.42 Å². The highest BCUT2D eigenvalue weighted by molar-refractivity contribution is 5.99. The van der Waals surface area contributed by atoms with Crippen molar-refractivity contribution in [2.45, 2.75) is 32.7 Å². The summed E-state index contributed by atoms with van der Waals surface area (Å²) < 4.78 is 0. The van der Waals surface area contributed by atoms with E-state index in [9.17, 15) is 4.79 Å². The first-order chi connectivity index (χ1) is 8.20. The minimum atomic E-state index is 0.0193. The average Bonchev–Trinajstić information content (AvgIpc) is 2.71. The molecular formula is C13H17N3O. The number of hydrogen-bond donors (Lipinski definition) is 1. The molecule has 0 aliphatic carbocycles. The first kappa shape index (κ1) is 11.6. The summed E-state index contributed by atoms with van der Waals surface area (Å²) in [6.07, 6.45) is 1.26. The second-order valence-electron chi connectivity index (χ2n) is 4.18. The van der Waals surface area contributed by atoms with Crippen LogP contribution < -0.4 is 10.3 Å². The maximum Gasteiger partial charge on any atom is 0.225 e. The van der Waals surface area contributed by atoms with Crippen molar-refractivity contribution in [1.29, 1.82) is 0 Å². The highest BCUT2D eigenvalue weighted by Crippen LogP contribution is 2.23. The molecule has 1 aliphatic rings. The molecule has 0 radical (unpaired) electrons. The SMILES string of the molecule is CCC(=O)NC1=NN(c2ccccc2)C(C)C1. The molecule has 1 amide bonds. The van der Waals surface area contributed by atoms with Crippen molar-refractivity contribution >= 4 is 17.4 Å². The third-order valence-corrected chi connectivity index (χ3v) is 2.76. The summed E-state index contributed by atoms with van der Waals surface area (Å²) in [6.45, 7) is 3.94. The normalized spacial score (nSPS) is 19.1. The zero-order valence-electron chi connectivity index (χ0n) is 10.2. The Morgan fingerprint density at radius 3 is 2.82 bits per heavy atom. The minimum Gasteiger partial charge on any atom is -0.313 e. The molecular weight excluding hydrogens is 214 g/mol. The molecule has 0 aromatic heterocycles. The van der Waals surface area contributed by atoms with Gasteiger partial charge in [0.15, 0.2) is 0 Å². The van der Waals surface area contributed by atoms with Crippen molar-refractivity contribution in [2.24, 2.45) is 5.10 Å². The molecule has 0 fully saturated rings. The molecule has 0 spiro atoms. The van der Waals surface area contributed by atoms with E-state index in [2.05, 4.69) is 17.3 Å². The number of nitrogens with zero attached hydrogens (tertiary/aromatic N) is 2. The Labute approximate surface area is 101 Å². The largest absolute Gasteiger partial charge is 0.313 e. The molecule has 1 atom stereocenters. The maximum atomic E-state index is 11.3. The fraction of sp³-hybridized carbons (Fsp3) is 0.385. The fourth-order valence-electron chi connectivity index (χ4n) is 1.85. The lowest BCUT2D eigenvalue weighted by Gasteiger charge is -2.19. The van der Waals surface area contributed by atoms with E-state index in [4.69, 9.17) is 0 Å². The van der Waals surface area contributed by atoms with Gasteiger partial charge in [0.2, 0.25) is 5.91 Å². The van der Waals surface area contributed by atoms with Gasteiger partial charge in [-0.3, -0.25) is 9.80 Å². The molecule has 4 heteroatoms. The van der Waals surface area contributed by atoms with Crippen LogP contribution in [0.1, 0.15) is 26.7 Å².